The van der Waals surface area contributed by atoms with E-state index in [2.05, 4.69) is 5.32 Å². The van der Waals surface area contributed by atoms with Gasteiger partial charge in [0.15, 0.2) is 0 Å². The van der Waals surface area contributed by atoms with Crippen LogP contribution in [0.15, 0.2) is 0 Å². The second kappa shape index (κ2) is 6.21. The molecular formula is C12H23NO3. The summed E-state index contributed by atoms with van der Waals surface area (Å²) in [6.45, 7) is 5.81. The fraction of sp³-hybridized carbons (Fsp3) is 0.917. The van der Waals surface area contributed by atoms with Crippen molar-refractivity contribution in [2.24, 2.45) is 5.41 Å². The molecule has 0 amide bonds. The smallest absolute Gasteiger partial charge is 0.322 e. The predicted octanol–water partition coefficient (Wildman–Crippen LogP) is 1.34. The van der Waals surface area contributed by atoms with Crippen molar-refractivity contribution in [2.45, 2.75) is 39.2 Å². The van der Waals surface area contributed by atoms with Crippen molar-refractivity contribution in [1.82, 2.24) is 5.32 Å². The van der Waals surface area contributed by atoms with E-state index < -0.39 is 0 Å². The highest BCUT2D eigenvalue weighted by Gasteiger charge is 2.42. The number of hydrogen-bond donors (Lipinski definition) is 1. The van der Waals surface area contributed by atoms with Crippen LogP contribution in [0.4, 0.5) is 0 Å². The van der Waals surface area contributed by atoms with Crippen LogP contribution in [0.3, 0.4) is 0 Å². The summed E-state index contributed by atoms with van der Waals surface area (Å²) in [7, 11) is 1.73. The fourth-order valence-electron chi connectivity index (χ4n) is 1.73. The van der Waals surface area contributed by atoms with Gasteiger partial charge >= 0.3 is 5.97 Å². The molecule has 0 aliphatic heterocycles. The molecule has 0 saturated heterocycles. The topological polar surface area (TPSA) is 47.6 Å². The molecule has 0 aromatic rings. The molecular weight excluding hydrogens is 206 g/mol. The van der Waals surface area contributed by atoms with Gasteiger partial charge in [-0.05, 0) is 38.5 Å². The number of nitrogens with one attached hydrogen (secondary N) is 1. The summed E-state index contributed by atoms with van der Waals surface area (Å²) in [5.41, 5.74) is 0.372. The highest BCUT2D eigenvalue weighted by Crippen LogP contribution is 2.48. The van der Waals surface area contributed by atoms with Gasteiger partial charge in [-0.1, -0.05) is 0 Å². The maximum atomic E-state index is 11.4. The molecule has 16 heavy (non-hydrogen) atoms. The zero-order valence-corrected chi connectivity index (χ0v) is 10.5. The largest absolute Gasteiger partial charge is 0.465 e. The molecule has 94 valence electrons. The third-order valence-corrected chi connectivity index (χ3v) is 3.22. The molecule has 1 N–H and O–H groups in total. The summed E-state index contributed by atoms with van der Waals surface area (Å²) in [4.78, 5) is 11.4. The Labute approximate surface area is 97.7 Å². The molecule has 0 bridgehead atoms. The molecule has 1 rings (SSSR count). The molecule has 4 nitrogen and oxygen atoms in total. The first-order valence-electron chi connectivity index (χ1n) is 6.02. The lowest BCUT2D eigenvalue weighted by atomic mass is 10.0. The Bertz CT molecular complexity index is 226. The first-order valence-corrected chi connectivity index (χ1v) is 6.02. The van der Waals surface area contributed by atoms with Crippen LogP contribution in [0.2, 0.25) is 0 Å². The molecule has 0 spiro atoms. The van der Waals surface area contributed by atoms with Crippen LogP contribution in [0.1, 0.15) is 33.1 Å². The van der Waals surface area contributed by atoms with Crippen molar-refractivity contribution in [1.29, 1.82) is 0 Å². The number of carbonyl (C=O) groups is 1. The van der Waals surface area contributed by atoms with E-state index in [1.54, 1.807) is 7.11 Å². The van der Waals surface area contributed by atoms with E-state index >= 15 is 0 Å². The number of rotatable bonds is 8. The van der Waals surface area contributed by atoms with Crippen LogP contribution in [0, 0.1) is 5.41 Å². The molecule has 1 aliphatic rings. The van der Waals surface area contributed by atoms with E-state index in [1.807, 2.05) is 13.8 Å². The number of carbonyl (C=O) groups excluding carboxylic acids is 1. The van der Waals surface area contributed by atoms with E-state index in [0.717, 1.165) is 19.6 Å². The number of ether oxygens (including phenoxy) is 2. The minimum absolute atomic E-state index is 0.162. The first kappa shape index (κ1) is 13.5. The first-order chi connectivity index (χ1) is 7.63. The van der Waals surface area contributed by atoms with Crippen molar-refractivity contribution in [2.75, 3.05) is 26.9 Å². The van der Waals surface area contributed by atoms with Crippen molar-refractivity contribution in [3.63, 3.8) is 0 Å². The zero-order chi connectivity index (χ0) is 12.0. The Kier molecular flexibility index (Phi) is 5.22. The molecule has 1 fully saturated rings. The van der Waals surface area contributed by atoms with Gasteiger partial charge in [-0.3, -0.25) is 4.79 Å². The average Bonchev–Trinajstić information content (AvgIpc) is 3.04. The van der Waals surface area contributed by atoms with E-state index in [-0.39, 0.29) is 12.0 Å². The van der Waals surface area contributed by atoms with Gasteiger partial charge in [0.1, 0.15) is 6.04 Å². The zero-order valence-electron chi connectivity index (χ0n) is 10.5. The minimum Gasteiger partial charge on any atom is -0.465 e. The van der Waals surface area contributed by atoms with Crippen molar-refractivity contribution < 1.29 is 14.3 Å². The lowest BCUT2D eigenvalue weighted by Crippen LogP contribution is -2.39. The van der Waals surface area contributed by atoms with Crippen LogP contribution in [-0.4, -0.2) is 38.9 Å². The molecule has 0 heterocycles. The van der Waals surface area contributed by atoms with Crippen molar-refractivity contribution in [3.05, 3.63) is 0 Å². The summed E-state index contributed by atoms with van der Waals surface area (Å²) >= 11 is 0. The highest BCUT2D eigenvalue weighted by molar-refractivity contribution is 5.75. The molecule has 1 saturated carbocycles. The Hall–Kier alpha value is -0.610. The van der Waals surface area contributed by atoms with Gasteiger partial charge in [-0.2, -0.15) is 0 Å². The van der Waals surface area contributed by atoms with Gasteiger partial charge in [0.05, 0.1) is 6.61 Å². The van der Waals surface area contributed by atoms with Crippen LogP contribution < -0.4 is 5.32 Å². The average molecular weight is 229 g/mol. The predicted molar refractivity (Wildman–Crippen MR) is 62.3 cm³/mol. The minimum atomic E-state index is -0.208. The Morgan fingerprint density at radius 3 is 2.69 bits per heavy atom. The van der Waals surface area contributed by atoms with Gasteiger partial charge in [-0.25, -0.2) is 0 Å². The quantitative estimate of drug-likeness (QED) is 0.638. The van der Waals surface area contributed by atoms with Gasteiger partial charge in [0, 0.05) is 20.3 Å². The third-order valence-electron chi connectivity index (χ3n) is 3.22. The maximum Gasteiger partial charge on any atom is 0.322 e. The molecule has 0 aromatic carbocycles. The van der Waals surface area contributed by atoms with Gasteiger partial charge < -0.3 is 14.8 Å². The molecule has 0 aromatic heterocycles. The number of esters is 1. The van der Waals surface area contributed by atoms with E-state index in [9.17, 15) is 4.79 Å². The van der Waals surface area contributed by atoms with Crippen LogP contribution >= 0.6 is 0 Å². The summed E-state index contributed by atoms with van der Waals surface area (Å²) in [6, 6.07) is -0.208. The molecule has 1 atom stereocenters. The lowest BCUT2D eigenvalue weighted by Gasteiger charge is -2.18. The van der Waals surface area contributed by atoms with Gasteiger partial charge in [0.2, 0.25) is 0 Å². The summed E-state index contributed by atoms with van der Waals surface area (Å²) in [5.74, 6) is -0.162. The normalized spacial score (nSPS) is 19.2. The lowest BCUT2D eigenvalue weighted by molar-refractivity contribution is -0.145. The van der Waals surface area contributed by atoms with Crippen LogP contribution in [0.5, 0.6) is 0 Å². The van der Waals surface area contributed by atoms with E-state index in [0.29, 0.717) is 12.0 Å². The summed E-state index contributed by atoms with van der Waals surface area (Å²) in [6.07, 6.45) is 3.55. The SMILES string of the molecule is CCOC(=O)C(C)NCC1(CCOC)CC1. The highest BCUT2D eigenvalue weighted by atomic mass is 16.5. The van der Waals surface area contributed by atoms with Gasteiger partial charge in [-0.15, -0.1) is 0 Å². The van der Waals surface area contributed by atoms with E-state index in [1.165, 1.54) is 12.8 Å². The fourth-order valence-corrected chi connectivity index (χ4v) is 1.73. The molecule has 4 heteroatoms. The Morgan fingerprint density at radius 2 is 2.19 bits per heavy atom. The second-order valence-electron chi connectivity index (χ2n) is 4.60. The third kappa shape index (κ3) is 4.10. The maximum absolute atomic E-state index is 11.4. The standard InChI is InChI=1S/C12H23NO3/c1-4-16-11(14)10(2)13-9-12(5-6-12)7-8-15-3/h10,13H,4-9H2,1-3H3. The Morgan fingerprint density at radius 1 is 1.50 bits per heavy atom. The van der Waals surface area contributed by atoms with Gasteiger partial charge in [0.25, 0.3) is 0 Å². The van der Waals surface area contributed by atoms with Crippen LogP contribution in [0.25, 0.3) is 0 Å². The molecule has 1 unspecified atom stereocenters. The monoisotopic (exact) mass is 229 g/mol. The van der Waals surface area contributed by atoms with Crippen molar-refractivity contribution >= 4 is 5.97 Å². The molecule has 0 radical (unpaired) electrons. The van der Waals surface area contributed by atoms with Crippen molar-refractivity contribution in [3.8, 4) is 0 Å². The van der Waals surface area contributed by atoms with E-state index in [4.69, 9.17) is 9.47 Å². The number of hydrogen-bond acceptors (Lipinski definition) is 4. The summed E-state index contributed by atoms with van der Waals surface area (Å²) < 4.78 is 10.0. The number of methoxy groups -OCH3 is 1. The van der Waals surface area contributed by atoms with Crippen LogP contribution in [-0.2, 0) is 14.3 Å². The molecule has 1 aliphatic carbocycles. The second-order valence-corrected chi connectivity index (χ2v) is 4.60. The summed E-state index contributed by atoms with van der Waals surface area (Å²) in [5, 5.41) is 3.25. The Balaban J connectivity index is 2.20.